The molecule has 0 radical (unpaired) electrons. The lowest BCUT2D eigenvalue weighted by Gasteiger charge is -2.42. The Hall–Kier alpha value is -0.970. The van der Waals surface area contributed by atoms with Gasteiger partial charge in [0.1, 0.15) is 0 Å². The summed E-state index contributed by atoms with van der Waals surface area (Å²) in [5.41, 5.74) is 2.19. The van der Waals surface area contributed by atoms with Crippen molar-refractivity contribution < 1.29 is 9.47 Å². The first kappa shape index (κ1) is 14.4. The average Bonchev–Trinajstić information content (AvgIpc) is 2.45. The number of nitrogens with zero attached hydrogens (tertiary/aromatic N) is 1. The number of rotatable bonds is 5. The molecule has 0 aromatic carbocycles. The third kappa shape index (κ3) is 3.14. The molecule has 1 fully saturated rings. The smallest absolute Gasteiger partial charge is 0.0916 e. The highest BCUT2D eigenvalue weighted by atomic mass is 16.5. The van der Waals surface area contributed by atoms with Gasteiger partial charge in [-0.1, -0.05) is 13.0 Å². The number of pyridine rings is 1. The van der Waals surface area contributed by atoms with E-state index in [1.165, 1.54) is 11.1 Å². The van der Waals surface area contributed by atoms with E-state index in [-0.39, 0.29) is 11.6 Å². The van der Waals surface area contributed by atoms with Gasteiger partial charge in [-0.15, -0.1) is 0 Å². The molecule has 1 aliphatic rings. The fourth-order valence-electron chi connectivity index (χ4n) is 2.88. The van der Waals surface area contributed by atoms with Crippen molar-refractivity contribution in [1.29, 1.82) is 0 Å². The van der Waals surface area contributed by atoms with Crippen molar-refractivity contribution in [1.82, 2.24) is 10.3 Å². The quantitative estimate of drug-likeness (QED) is 0.885. The number of aromatic nitrogens is 1. The summed E-state index contributed by atoms with van der Waals surface area (Å²) in [7, 11) is 1.80. The summed E-state index contributed by atoms with van der Waals surface area (Å²) in [4.78, 5) is 4.32. The number of aryl methyl sites for hydroxylation is 1. The molecule has 4 heteroatoms. The molecule has 19 heavy (non-hydrogen) atoms. The van der Waals surface area contributed by atoms with Crippen LogP contribution in [-0.4, -0.2) is 37.5 Å². The molecule has 106 valence electrons. The SMILES string of the molecule is CCNC(c1cncc(C)c1)C1(OC)CCOCC1. The molecule has 4 nitrogen and oxygen atoms in total. The zero-order chi connectivity index (χ0) is 13.7. The van der Waals surface area contributed by atoms with Gasteiger partial charge < -0.3 is 14.8 Å². The minimum absolute atomic E-state index is 0.166. The van der Waals surface area contributed by atoms with Gasteiger partial charge in [-0.25, -0.2) is 0 Å². The highest BCUT2D eigenvalue weighted by Crippen LogP contribution is 2.37. The van der Waals surface area contributed by atoms with Crippen LogP contribution in [0.1, 0.15) is 36.9 Å². The number of ether oxygens (including phenoxy) is 2. The first-order chi connectivity index (χ1) is 9.22. The number of nitrogens with one attached hydrogen (secondary N) is 1. The Morgan fingerprint density at radius 1 is 1.42 bits per heavy atom. The summed E-state index contributed by atoms with van der Waals surface area (Å²) in [5.74, 6) is 0. The Balaban J connectivity index is 2.32. The minimum atomic E-state index is -0.191. The molecule has 0 bridgehead atoms. The molecule has 0 aliphatic carbocycles. The number of hydrogen-bond donors (Lipinski definition) is 1. The molecule has 0 saturated carbocycles. The highest BCUT2D eigenvalue weighted by Gasteiger charge is 2.41. The monoisotopic (exact) mass is 264 g/mol. The van der Waals surface area contributed by atoms with E-state index in [0.29, 0.717) is 0 Å². The largest absolute Gasteiger partial charge is 0.381 e. The predicted octanol–water partition coefficient (Wildman–Crippen LogP) is 2.24. The summed E-state index contributed by atoms with van der Waals surface area (Å²) in [6.45, 7) is 6.62. The third-order valence-electron chi connectivity index (χ3n) is 3.91. The Labute approximate surface area is 115 Å². The second kappa shape index (κ2) is 6.46. The van der Waals surface area contributed by atoms with Crippen LogP contribution in [0.3, 0.4) is 0 Å². The van der Waals surface area contributed by atoms with Crippen LogP contribution in [0.5, 0.6) is 0 Å². The summed E-state index contributed by atoms with van der Waals surface area (Å²) >= 11 is 0. The minimum Gasteiger partial charge on any atom is -0.381 e. The summed E-state index contributed by atoms with van der Waals surface area (Å²) < 4.78 is 11.4. The lowest BCUT2D eigenvalue weighted by atomic mass is 9.82. The van der Waals surface area contributed by atoms with Gasteiger partial charge >= 0.3 is 0 Å². The zero-order valence-electron chi connectivity index (χ0n) is 12.1. The van der Waals surface area contributed by atoms with Crippen LogP contribution in [0, 0.1) is 6.92 Å². The van der Waals surface area contributed by atoms with Gasteiger partial charge in [-0.2, -0.15) is 0 Å². The lowest BCUT2D eigenvalue weighted by Crippen LogP contribution is -2.49. The molecule has 1 N–H and O–H groups in total. The van der Waals surface area contributed by atoms with Crippen LogP contribution in [0.4, 0.5) is 0 Å². The van der Waals surface area contributed by atoms with Crippen molar-refractivity contribution in [2.75, 3.05) is 26.9 Å². The summed E-state index contributed by atoms with van der Waals surface area (Å²) in [6, 6.07) is 2.36. The van der Waals surface area contributed by atoms with Gasteiger partial charge in [-0.05, 0) is 24.6 Å². The molecule has 0 spiro atoms. The van der Waals surface area contributed by atoms with Gasteiger partial charge in [0.05, 0.1) is 11.6 Å². The van der Waals surface area contributed by atoms with E-state index in [0.717, 1.165) is 32.6 Å². The Bertz CT molecular complexity index is 403. The second-order valence-corrected chi connectivity index (χ2v) is 5.17. The fourth-order valence-corrected chi connectivity index (χ4v) is 2.88. The molecule has 1 aromatic rings. The van der Waals surface area contributed by atoms with Crippen LogP contribution in [0.2, 0.25) is 0 Å². The van der Waals surface area contributed by atoms with Crippen molar-refractivity contribution in [3.05, 3.63) is 29.6 Å². The molecule has 2 heterocycles. The van der Waals surface area contributed by atoms with E-state index in [1.54, 1.807) is 7.11 Å². The standard InChI is InChI=1S/C15H24N2O2/c1-4-17-14(13-9-12(2)10-16-11-13)15(18-3)5-7-19-8-6-15/h9-11,14,17H,4-8H2,1-3H3. The Kier molecular flexibility index (Phi) is 4.91. The molecule has 1 saturated heterocycles. The fraction of sp³-hybridized carbons (Fsp3) is 0.667. The van der Waals surface area contributed by atoms with Gasteiger partial charge in [0.2, 0.25) is 0 Å². The molecule has 0 amide bonds. The summed E-state index contributed by atoms with van der Waals surface area (Å²) in [6.07, 6.45) is 5.65. The van der Waals surface area contributed by atoms with E-state index >= 15 is 0 Å². The first-order valence-corrected chi connectivity index (χ1v) is 6.99. The zero-order valence-corrected chi connectivity index (χ0v) is 12.1. The van der Waals surface area contributed by atoms with Crippen LogP contribution in [0.25, 0.3) is 0 Å². The maximum atomic E-state index is 5.92. The predicted molar refractivity (Wildman–Crippen MR) is 75.2 cm³/mol. The Morgan fingerprint density at radius 2 is 2.16 bits per heavy atom. The lowest BCUT2D eigenvalue weighted by molar-refractivity contribution is -0.111. The highest BCUT2D eigenvalue weighted by molar-refractivity contribution is 5.23. The van der Waals surface area contributed by atoms with Crippen molar-refractivity contribution in [2.24, 2.45) is 0 Å². The van der Waals surface area contributed by atoms with E-state index in [1.807, 2.05) is 12.4 Å². The van der Waals surface area contributed by atoms with Crippen molar-refractivity contribution in [3.8, 4) is 0 Å². The van der Waals surface area contributed by atoms with E-state index < -0.39 is 0 Å². The molecule has 1 unspecified atom stereocenters. The second-order valence-electron chi connectivity index (χ2n) is 5.17. The Morgan fingerprint density at radius 3 is 2.74 bits per heavy atom. The maximum Gasteiger partial charge on any atom is 0.0916 e. The van der Waals surface area contributed by atoms with E-state index in [4.69, 9.17) is 9.47 Å². The normalized spacial score (nSPS) is 20.2. The van der Waals surface area contributed by atoms with Gasteiger partial charge in [-0.3, -0.25) is 4.98 Å². The van der Waals surface area contributed by atoms with Crippen LogP contribution in [0.15, 0.2) is 18.5 Å². The molecule has 1 aliphatic heterocycles. The topological polar surface area (TPSA) is 43.4 Å². The molecular weight excluding hydrogens is 240 g/mol. The van der Waals surface area contributed by atoms with Crippen molar-refractivity contribution in [2.45, 2.75) is 38.3 Å². The molecule has 1 atom stereocenters. The molecule has 2 rings (SSSR count). The number of hydrogen-bond acceptors (Lipinski definition) is 4. The maximum absolute atomic E-state index is 5.92. The average molecular weight is 264 g/mol. The van der Waals surface area contributed by atoms with Gasteiger partial charge in [0, 0.05) is 45.6 Å². The first-order valence-electron chi connectivity index (χ1n) is 6.99. The number of likely N-dealkylation sites (N-methyl/N-ethyl adjacent to an activating group) is 1. The van der Waals surface area contributed by atoms with E-state index in [9.17, 15) is 0 Å². The van der Waals surface area contributed by atoms with E-state index in [2.05, 4.69) is 30.2 Å². The van der Waals surface area contributed by atoms with Crippen LogP contribution >= 0.6 is 0 Å². The molecular formula is C15H24N2O2. The van der Waals surface area contributed by atoms with Gasteiger partial charge in [0.25, 0.3) is 0 Å². The van der Waals surface area contributed by atoms with Crippen molar-refractivity contribution in [3.63, 3.8) is 0 Å². The summed E-state index contributed by atoms with van der Waals surface area (Å²) in [5, 5.41) is 3.57. The van der Waals surface area contributed by atoms with Crippen LogP contribution in [-0.2, 0) is 9.47 Å². The van der Waals surface area contributed by atoms with Gasteiger partial charge in [0.15, 0.2) is 0 Å². The molecule has 1 aromatic heterocycles. The van der Waals surface area contributed by atoms with Crippen molar-refractivity contribution >= 4 is 0 Å². The number of methoxy groups -OCH3 is 1. The van der Waals surface area contributed by atoms with Crippen LogP contribution < -0.4 is 5.32 Å². The third-order valence-corrected chi connectivity index (χ3v) is 3.91.